The molecule has 0 unspecified atom stereocenters. The van der Waals surface area contributed by atoms with Crippen LogP contribution in [0.2, 0.25) is 0 Å². The molecule has 7 nitrogen and oxygen atoms in total. The molecule has 1 amide bonds. The molecule has 144 valence electrons. The quantitative estimate of drug-likeness (QED) is 0.742. The lowest BCUT2D eigenvalue weighted by Crippen LogP contribution is -2.59. The Labute approximate surface area is 157 Å². The van der Waals surface area contributed by atoms with E-state index in [1.54, 1.807) is 18.5 Å². The van der Waals surface area contributed by atoms with E-state index in [0.717, 1.165) is 12.1 Å². The highest BCUT2D eigenvalue weighted by Gasteiger charge is 2.32. The SMILES string of the molecule is O=C(NC1CN(c2ccc(C(F)(F)F)cc2)C1)c1cncc(-n2cccn2)n1. The van der Waals surface area contributed by atoms with Gasteiger partial charge in [0.25, 0.3) is 5.91 Å². The number of rotatable bonds is 4. The molecule has 0 aliphatic carbocycles. The number of carbonyl (C=O) groups is 1. The molecule has 2 aromatic heterocycles. The fourth-order valence-electron chi connectivity index (χ4n) is 2.88. The fraction of sp³-hybridized carbons (Fsp3) is 0.222. The third-order valence-electron chi connectivity index (χ3n) is 4.37. The monoisotopic (exact) mass is 388 g/mol. The highest BCUT2D eigenvalue weighted by molar-refractivity contribution is 5.92. The van der Waals surface area contributed by atoms with Crippen LogP contribution < -0.4 is 10.2 Å². The van der Waals surface area contributed by atoms with Crippen molar-refractivity contribution in [1.82, 2.24) is 25.1 Å². The first kappa shape index (κ1) is 18.0. The Hall–Kier alpha value is -3.43. The van der Waals surface area contributed by atoms with Crippen molar-refractivity contribution in [2.24, 2.45) is 0 Å². The van der Waals surface area contributed by atoms with Crippen LogP contribution in [0.5, 0.6) is 0 Å². The van der Waals surface area contributed by atoms with Crippen molar-refractivity contribution in [3.63, 3.8) is 0 Å². The number of anilines is 1. The van der Waals surface area contributed by atoms with Crippen LogP contribution in [0.1, 0.15) is 16.1 Å². The number of carbonyl (C=O) groups excluding carboxylic acids is 1. The van der Waals surface area contributed by atoms with Crippen molar-refractivity contribution in [3.05, 3.63) is 66.4 Å². The Kier molecular flexibility index (Phi) is 4.46. The van der Waals surface area contributed by atoms with E-state index in [2.05, 4.69) is 20.4 Å². The van der Waals surface area contributed by atoms with Gasteiger partial charge in [-0.25, -0.2) is 9.67 Å². The number of aromatic nitrogens is 4. The Morgan fingerprint density at radius 1 is 1.14 bits per heavy atom. The first-order valence-electron chi connectivity index (χ1n) is 8.45. The standard InChI is InChI=1S/C18H15F3N6O/c19-18(20,21)12-2-4-14(5-3-12)26-10-13(11-26)24-17(28)15-8-22-9-16(25-15)27-7-1-6-23-27/h1-9,13H,10-11H2,(H,24,28). The van der Waals surface area contributed by atoms with Crippen LogP contribution in [-0.4, -0.2) is 44.8 Å². The normalized spacial score (nSPS) is 14.6. The second-order valence-electron chi connectivity index (χ2n) is 6.33. The van der Waals surface area contributed by atoms with Crippen LogP contribution in [0.4, 0.5) is 18.9 Å². The van der Waals surface area contributed by atoms with E-state index in [0.29, 0.717) is 24.6 Å². The number of benzene rings is 1. The molecular weight excluding hydrogens is 373 g/mol. The average Bonchev–Trinajstić information content (AvgIpc) is 3.18. The lowest BCUT2D eigenvalue weighted by atomic mass is 10.1. The summed E-state index contributed by atoms with van der Waals surface area (Å²) in [5, 5.41) is 6.89. The molecule has 1 aliphatic rings. The van der Waals surface area contributed by atoms with Crippen LogP contribution >= 0.6 is 0 Å². The number of amides is 1. The summed E-state index contributed by atoms with van der Waals surface area (Å²) in [5.74, 6) is 0.0659. The van der Waals surface area contributed by atoms with Gasteiger partial charge in [-0.1, -0.05) is 0 Å². The molecule has 1 saturated heterocycles. The lowest BCUT2D eigenvalue weighted by Gasteiger charge is -2.41. The highest BCUT2D eigenvalue weighted by atomic mass is 19.4. The number of hydrogen-bond acceptors (Lipinski definition) is 5. The minimum absolute atomic E-state index is 0.120. The fourth-order valence-corrected chi connectivity index (χ4v) is 2.88. The molecule has 28 heavy (non-hydrogen) atoms. The Morgan fingerprint density at radius 2 is 1.89 bits per heavy atom. The maximum atomic E-state index is 12.6. The van der Waals surface area contributed by atoms with Gasteiger partial charge in [0.15, 0.2) is 5.82 Å². The Balaban J connectivity index is 1.35. The van der Waals surface area contributed by atoms with Crippen LogP contribution in [0.3, 0.4) is 0 Å². The minimum atomic E-state index is -4.35. The van der Waals surface area contributed by atoms with Crippen molar-refractivity contribution < 1.29 is 18.0 Å². The molecular formula is C18H15F3N6O. The van der Waals surface area contributed by atoms with Gasteiger partial charge in [0.05, 0.1) is 24.0 Å². The topological polar surface area (TPSA) is 75.9 Å². The molecule has 0 saturated carbocycles. The number of hydrogen-bond donors (Lipinski definition) is 1. The van der Waals surface area contributed by atoms with Gasteiger partial charge in [0.2, 0.25) is 0 Å². The van der Waals surface area contributed by atoms with Gasteiger partial charge in [0.1, 0.15) is 5.69 Å². The van der Waals surface area contributed by atoms with Gasteiger partial charge in [0, 0.05) is 31.2 Å². The van der Waals surface area contributed by atoms with Crippen LogP contribution in [0, 0.1) is 0 Å². The van der Waals surface area contributed by atoms with Crippen molar-refractivity contribution >= 4 is 11.6 Å². The highest BCUT2D eigenvalue weighted by Crippen LogP contribution is 2.31. The molecule has 1 N–H and O–H groups in total. The molecule has 3 aromatic rings. The summed E-state index contributed by atoms with van der Waals surface area (Å²) in [5.41, 5.74) is 0.164. The summed E-state index contributed by atoms with van der Waals surface area (Å²) in [6.07, 6.45) is 1.81. The van der Waals surface area contributed by atoms with E-state index in [1.165, 1.54) is 29.2 Å². The Morgan fingerprint density at radius 3 is 2.54 bits per heavy atom. The number of nitrogens with one attached hydrogen (secondary N) is 1. The van der Waals surface area contributed by atoms with Crippen LogP contribution in [-0.2, 0) is 6.18 Å². The molecule has 4 rings (SSSR count). The zero-order chi connectivity index (χ0) is 19.7. The van der Waals surface area contributed by atoms with Crippen molar-refractivity contribution in [1.29, 1.82) is 0 Å². The van der Waals surface area contributed by atoms with E-state index in [-0.39, 0.29) is 17.6 Å². The summed E-state index contributed by atoms with van der Waals surface area (Å²) >= 11 is 0. The number of nitrogens with zero attached hydrogens (tertiary/aromatic N) is 5. The van der Waals surface area contributed by atoms with Gasteiger partial charge >= 0.3 is 6.18 Å². The maximum absolute atomic E-state index is 12.6. The lowest BCUT2D eigenvalue weighted by molar-refractivity contribution is -0.137. The third-order valence-corrected chi connectivity index (χ3v) is 4.37. The average molecular weight is 388 g/mol. The van der Waals surface area contributed by atoms with Gasteiger partial charge in [-0.05, 0) is 30.3 Å². The second kappa shape index (κ2) is 6.95. The smallest absolute Gasteiger partial charge is 0.367 e. The number of halogens is 3. The predicted molar refractivity (Wildman–Crippen MR) is 94.1 cm³/mol. The minimum Gasteiger partial charge on any atom is -0.367 e. The van der Waals surface area contributed by atoms with Crippen molar-refractivity contribution in [2.75, 3.05) is 18.0 Å². The molecule has 0 spiro atoms. The van der Waals surface area contributed by atoms with E-state index in [1.807, 2.05) is 4.90 Å². The molecule has 1 fully saturated rings. The Bertz CT molecular complexity index is 966. The molecule has 0 bridgehead atoms. The molecule has 1 aromatic carbocycles. The van der Waals surface area contributed by atoms with E-state index in [9.17, 15) is 18.0 Å². The maximum Gasteiger partial charge on any atom is 0.416 e. The summed E-state index contributed by atoms with van der Waals surface area (Å²) in [6, 6.07) is 6.58. The van der Waals surface area contributed by atoms with Gasteiger partial charge < -0.3 is 10.2 Å². The van der Waals surface area contributed by atoms with E-state index >= 15 is 0 Å². The summed E-state index contributed by atoms with van der Waals surface area (Å²) in [6.45, 7) is 1.01. The molecule has 1 aliphatic heterocycles. The second-order valence-corrected chi connectivity index (χ2v) is 6.33. The van der Waals surface area contributed by atoms with Crippen LogP contribution in [0.25, 0.3) is 5.82 Å². The summed E-state index contributed by atoms with van der Waals surface area (Å²) in [7, 11) is 0. The van der Waals surface area contributed by atoms with Crippen molar-refractivity contribution in [3.8, 4) is 5.82 Å². The van der Waals surface area contributed by atoms with E-state index in [4.69, 9.17) is 0 Å². The first-order chi connectivity index (χ1) is 13.4. The van der Waals surface area contributed by atoms with Gasteiger partial charge in [-0.2, -0.15) is 18.3 Å². The molecule has 10 heteroatoms. The largest absolute Gasteiger partial charge is 0.416 e. The van der Waals surface area contributed by atoms with Gasteiger partial charge in [-0.15, -0.1) is 0 Å². The van der Waals surface area contributed by atoms with Crippen molar-refractivity contribution in [2.45, 2.75) is 12.2 Å². The predicted octanol–water partition coefficient (Wildman–Crippen LogP) is 2.30. The van der Waals surface area contributed by atoms with E-state index < -0.39 is 11.7 Å². The zero-order valence-corrected chi connectivity index (χ0v) is 14.5. The third kappa shape index (κ3) is 3.66. The number of alkyl halides is 3. The molecule has 3 heterocycles. The first-order valence-corrected chi connectivity index (χ1v) is 8.45. The summed E-state index contributed by atoms with van der Waals surface area (Å²) < 4.78 is 39.4. The molecule has 0 radical (unpaired) electrons. The van der Waals surface area contributed by atoms with Crippen LogP contribution in [0.15, 0.2) is 55.1 Å². The molecule has 0 atom stereocenters. The summed E-state index contributed by atoms with van der Waals surface area (Å²) in [4.78, 5) is 22.5. The van der Waals surface area contributed by atoms with Gasteiger partial charge in [-0.3, -0.25) is 9.78 Å². The zero-order valence-electron chi connectivity index (χ0n) is 14.5.